The number of rotatable bonds is 8. The molecule has 0 amide bonds. The molecule has 0 unspecified atom stereocenters. The van der Waals surface area contributed by atoms with E-state index >= 15 is 0 Å². The molecule has 0 aliphatic rings. The minimum absolute atomic E-state index is 0.0705. The van der Waals surface area contributed by atoms with Crippen molar-refractivity contribution in [2.24, 2.45) is 0 Å². The van der Waals surface area contributed by atoms with Gasteiger partial charge in [0.05, 0.1) is 31.9 Å². The number of benzene rings is 2. The van der Waals surface area contributed by atoms with E-state index in [9.17, 15) is 4.79 Å². The summed E-state index contributed by atoms with van der Waals surface area (Å²) < 4.78 is 21.1. The summed E-state index contributed by atoms with van der Waals surface area (Å²) in [5, 5.41) is 0.332. The normalized spacial score (nSPS) is 10.3. The monoisotopic (exact) mass is 386 g/mol. The van der Waals surface area contributed by atoms with Crippen LogP contribution in [0.25, 0.3) is 6.08 Å². The molecule has 0 aliphatic carbocycles. The fourth-order valence-electron chi connectivity index (χ4n) is 2.35. The van der Waals surface area contributed by atoms with Gasteiger partial charge in [-0.2, -0.15) is 0 Å². The standard InChI is InChI=1S/C21H19ClO5/c1-5-10-27-21-17(22)11-14(12-20(21)26-4)6-9-18(23)16-8-7-15(24-2)13-19(16)25-3/h1,6-9,11-13H,10H2,2-4H3/b9-6+. The van der Waals surface area contributed by atoms with E-state index in [2.05, 4.69) is 5.92 Å². The van der Waals surface area contributed by atoms with Crippen LogP contribution < -0.4 is 18.9 Å². The van der Waals surface area contributed by atoms with Crippen LogP contribution >= 0.6 is 11.6 Å². The molecule has 0 aromatic heterocycles. The molecular formula is C21H19ClO5. The summed E-state index contributed by atoms with van der Waals surface area (Å²) in [5.41, 5.74) is 1.09. The summed E-state index contributed by atoms with van der Waals surface area (Å²) >= 11 is 6.24. The van der Waals surface area contributed by atoms with Gasteiger partial charge in [0, 0.05) is 6.07 Å². The smallest absolute Gasteiger partial charge is 0.189 e. The highest BCUT2D eigenvalue weighted by Crippen LogP contribution is 2.36. The van der Waals surface area contributed by atoms with Crippen LogP contribution in [0.15, 0.2) is 36.4 Å². The maximum Gasteiger partial charge on any atom is 0.189 e. The minimum Gasteiger partial charge on any atom is -0.497 e. The zero-order valence-corrected chi connectivity index (χ0v) is 16.0. The molecule has 2 aromatic carbocycles. The number of hydrogen-bond donors (Lipinski definition) is 0. The van der Waals surface area contributed by atoms with Crippen LogP contribution in [0.1, 0.15) is 15.9 Å². The molecule has 27 heavy (non-hydrogen) atoms. The van der Waals surface area contributed by atoms with Gasteiger partial charge in [-0.15, -0.1) is 6.42 Å². The zero-order valence-electron chi connectivity index (χ0n) is 15.2. The van der Waals surface area contributed by atoms with Crippen molar-refractivity contribution in [3.05, 3.63) is 52.6 Å². The van der Waals surface area contributed by atoms with Gasteiger partial charge in [0.25, 0.3) is 0 Å². The van der Waals surface area contributed by atoms with Crippen molar-refractivity contribution in [2.75, 3.05) is 27.9 Å². The maximum absolute atomic E-state index is 12.5. The lowest BCUT2D eigenvalue weighted by Crippen LogP contribution is -2.00. The van der Waals surface area contributed by atoms with E-state index in [-0.39, 0.29) is 12.4 Å². The number of allylic oxidation sites excluding steroid dienone is 1. The van der Waals surface area contributed by atoms with E-state index in [4.69, 9.17) is 37.0 Å². The number of halogens is 1. The van der Waals surface area contributed by atoms with Crippen LogP contribution in [0.2, 0.25) is 5.02 Å². The number of hydrogen-bond acceptors (Lipinski definition) is 5. The molecule has 2 aromatic rings. The Hall–Kier alpha value is -3.10. The number of terminal acetylenes is 1. The van der Waals surface area contributed by atoms with E-state index in [1.807, 2.05) is 0 Å². The van der Waals surface area contributed by atoms with Gasteiger partial charge in [0.2, 0.25) is 0 Å². The average Bonchev–Trinajstić information content (AvgIpc) is 2.70. The number of ketones is 1. The Balaban J connectivity index is 2.29. The summed E-state index contributed by atoms with van der Waals surface area (Å²) in [4.78, 5) is 12.5. The first kappa shape index (κ1) is 20.2. The predicted molar refractivity (Wildman–Crippen MR) is 105 cm³/mol. The van der Waals surface area contributed by atoms with Gasteiger partial charge in [-0.05, 0) is 35.9 Å². The Morgan fingerprint density at radius 1 is 1.11 bits per heavy atom. The lowest BCUT2D eigenvalue weighted by atomic mass is 10.1. The van der Waals surface area contributed by atoms with Crippen molar-refractivity contribution in [3.8, 4) is 35.3 Å². The summed E-state index contributed by atoms with van der Waals surface area (Å²) in [5.74, 6) is 3.96. The van der Waals surface area contributed by atoms with Crippen LogP contribution in [0.5, 0.6) is 23.0 Å². The minimum atomic E-state index is -0.225. The zero-order chi connectivity index (χ0) is 19.8. The Morgan fingerprint density at radius 3 is 2.48 bits per heavy atom. The lowest BCUT2D eigenvalue weighted by Gasteiger charge is -2.11. The van der Waals surface area contributed by atoms with Gasteiger partial charge in [-0.3, -0.25) is 4.79 Å². The van der Waals surface area contributed by atoms with Crippen LogP contribution in [-0.4, -0.2) is 33.7 Å². The largest absolute Gasteiger partial charge is 0.497 e. The summed E-state index contributed by atoms with van der Waals surface area (Å²) in [7, 11) is 4.54. The van der Waals surface area contributed by atoms with Gasteiger partial charge < -0.3 is 18.9 Å². The van der Waals surface area contributed by atoms with Gasteiger partial charge in [-0.1, -0.05) is 23.6 Å². The van der Waals surface area contributed by atoms with Gasteiger partial charge in [0.15, 0.2) is 17.3 Å². The molecule has 0 aliphatic heterocycles. The molecule has 0 fully saturated rings. The Labute approximate surface area is 163 Å². The Kier molecular flexibility index (Phi) is 7.16. The van der Waals surface area contributed by atoms with Crippen LogP contribution in [0.4, 0.5) is 0 Å². The Bertz CT molecular complexity index is 896. The van der Waals surface area contributed by atoms with E-state index in [0.29, 0.717) is 39.1 Å². The third-order valence-electron chi connectivity index (χ3n) is 3.65. The number of carbonyl (C=O) groups is 1. The molecule has 0 radical (unpaired) electrons. The highest BCUT2D eigenvalue weighted by atomic mass is 35.5. The molecule has 0 spiro atoms. The lowest BCUT2D eigenvalue weighted by molar-refractivity contribution is 0.104. The molecule has 5 nitrogen and oxygen atoms in total. The fraction of sp³-hybridized carbons (Fsp3) is 0.190. The predicted octanol–water partition coefficient (Wildman–Crippen LogP) is 4.27. The second-order valence-corrected chi connectivity index (χ2v) is 5.70. The topological polar surface area (TPSA) is 54.0 Å². The van der Waals surface area contributed by atoms with Crippen molar-refractivity contribution in [2.45, 2.75) is 0 Å². The summed E-state index contributed by atoms with van der Waals surface area (Å²) in [6.45, 7) is 0.0705. The second-order valence-electron chi connectivity index (χ2n) is 5.29. The van der Waals surface area contributed by atoms with Crippen molar-refractivity contribution >= 4 is 23.5 Å². The molecule has 0 atom stereocenters. The highest BCUT2D eigenvalue weighted by molar-refractivity contribution is 6.32. The summed E-state index contributed by atoms with van der Waals surface area (Å²) in [6.07, 6.45) is 8.26. The van der Waals surface area contributed by atoms with E-state index < -0.39 is 0 Å². The highest BCUT2D eigenvalue weighted by Gasteiger charge is 2.13. The molecular weight excluding hydrogens is 368 g/mol. The number of methoxy groups -OCH3 is 3. The van der Waals surface area contributed by atoms with Crippen LogP contribution in [0, 0.1) is 12.3 Å². The molecule has 0 saturated carbocycles. The maximum atomic E-state index is 12.5. The van der Waals surface area contributed by atoms with Gasteiger partial charge >= 0.3 is 0 Å². The summed E-state index contributed by atoms with van der Waals surface area (Å²) in [6, 6.07) is 8.35. The van der Waals surface area contributed by atoms with Gasteiger partial charge in [0.1, 0.15) is 18.1 Å². The SMILES string of the molecule is C#CCOc1c(Cl)cc(/C=C/C(=O)c2ccc(OC)cc2OC)cc1OC. The number of ether oxygens (including phenoxy) is 4. The van der Waals surface area contributed by atoms with Crippen LogP contribution in [0.3, 0.4) is 0 Å². The fourth-order valence-corrected chi connectivity index (χ4v) is 2.63. The third-order valence-corrected chi connectivity index (χ3v) is 3.93. The van der Waals surface area contributed by atoms with E-state index in [0.717, 1.165) is 0 Å². The quantitative estimate of drug-likeness (QED) is 0.385. The van der Waals surface area contributed by atoms with Crippen molar-refractivity contribution < 1.29 is 23.7 Å². The molecule has 6 heteroatoms. The number of carbonyl (C=O) groups excluding carboxylic acids is 1. The molecule has 140 valence electrons. The second kappa shape index (κ2) is 9.56. The first-order valence-corrected chi connectivity index (χ1v) is 8.30. The van der Waals surface area contributed by atoms with Crippen molar-refractivity contribution in [1.29, 1.82) is 0 Å². The molecule has 0 saturated heterocycles. The van der Waals surface area contributed by atoms with E-state index in [1.54, 1.807) is 43.5 Å². The molecule has 0 N–H and O–H groups in total. The van der Waals surface area contributed by atoms with E-state index in [1.165, 1.54) is 20.3 Å². The third kappa shape index (κ3) is 4.96. The van der Waals surface area contributed by atoms with Crippen molar-refractivity contribution in [1.82, 2.24) is 0 Å². The van der Waals surface area contributed by atoms with Crippen LogP contribution in [-0.2, 0) is 0 Å². The van der Waals surface area contributed by atoms with Crippen molar-refractivity contribution in [3.63, 3.8) is 0 Å². The Morgan fingerprint density at radius 2 is 1.85 bits per heavy atom. The molecule has 2 rings (SSSR count). The first-order chi connectivity index (χ1) is 13.0. The first-order valence-electron chi connectivity index (χ1n) is 7.92. The van der Waals surface area contributed by atoms with Gasteiger partial charge in [-0.25, -0.2) is 0 Å². The molecule has 0 heterocycles. The molecule has 0 bridgehead atoms. The average molecular weight is 387 g/mol.